The van der Waals surface area contributed by atoms with Crippen LogP contribution in [0.1, 0.15) is 98.3 Å². The predicted molar refractivity (Wildman–Crippen MR) is 148 cm³/mol. The summed E-state index contributed by atoms with van der Waals surface area (Å²) >= 11 is 0. The molecule has 5 rings (SSSR count). The van der Waals surface area contributed by atoms with Crippen molar-refractivity contribution < 1.29 is 14.7 Å². The third-order valence-electron chi connectivity index (χ3n) is 9.45. The highest BCUT2D eigenvalue weighted by Crippen LogP contribution is 2.47. The summed E-state index contributed by atoms with van der Waals surface area (Å²) in [6.45, 7) is 3.02. The average Bonchev–Trinajstić information content (AvgIpc) is 3.57. The van der Waals surface area contributed by atoms with Crippen molar-refractivity contribution in [1.29, 1.82) is 5.41 Å². The van der Waals surface area contributed by atoms with Crippen LogP contribution in [0.25, 0.3) is 0 Å². The van der Waals surface area contributed by atoms with Crippen LogP contribution in [0.4, 0.5) is 0 Å². The molecule has 7 nitrogen and oxygen atoms in total. The zero-order valence-electron chi connectivity index (χ0n) is 22.6. The van der Waals surface area contributed by atoms with E-state index < -0.39 is 5.60 Å². The molecule has 2 saturated carbocycles. The first-order valence-electron chi connectivity index (χ1n) is 14.4. The third-order valence-corrected chi connectivity index (χ3v) is 9.45. The maximum atomic E-state index is 13.2. The van der Waals surface area contributed by atoms with E-state index in [9.17, 15) is 14.7 Å². The molecule has 0 spiro atoms. The summed E-state index contributed by atoms with van der Waals surface area (Å²) in [5.74, 6) is 2.14. The number of nitrogens with one attached hydrogen (secondary N) is 2. The Hall–Kier alpha value is -2.93. The molecule has 3 atom stereocenters. The molecule has 0 radical (unpaired) electrons. The van der Waals surface area contributed by atoms with Crippen LogP contribution in [0, 0.1) is 17.2 Å². The topological polar surface area (TPSA) is 100 Å². The van der Waals surface area contributed by atoms with E-state index in [0.717, 1.165) is 29.4 Å². The maximum Gasteiger partial charge on any atom is 0.275 e. The Balaban J connectivity index is 1.13. The van der Waals surface area contributed by atoms with Crippen molar-refractivity contribution in [2.45, 2.75) is 82.1 Å². The molecule has 2 heterocycles. The molecule has 2 amide bonds. The Morgan fingerprint density at radius 2 is 1.84 bits per heavy atom. The number of aromatic nitrogens is 1. The van der Waals surface area contributed by atoms with Gasteiger partial charge < -0.3 is 15.0 Å². The Morgan fingerprint density at radius 3 is 2.50 bits per heavy atom. The second-order valence-corrected chi connectivity index (χ2v) is 12.0. The fraction of sp³-hybridized carbons (Fsp3) is 0.581. The lowest BCUT2D eigenvalue weighted by Crippen LogP contribution is -2.53. The Morgan fingerprint density at radius 1 is 1.11 bits per heavy atom. The standard InChI is InChI=1S/C31H42N4O3/c1-22(23-6-3-2-4-7-23)18-29(36)34-16-14-31(38,15-17-34)20-35(21-32)30(37)28-13-12-27(33-28)26-11-10-25(19-26)24-8-5-9-24/h2-4,6-7,12-13,21-22,24-26,32-33,38H,5,8-11,14-20H2,1H3. The number of H-pyrrole nitrogens is 1. The van der Waals surface area contributed by atoms with E-state index in [1.54, 1.807) is 0 Å². The first-order chi connectivity index (χ1) is 18.3. The highest BCUT2D eigenvalue weighted by atomic mass is 16.3. The first-order valence-corrected chi connectivity index (χ1v) is 14.4. The van der Waals surface area contributed by atoms with Gasteiger partial charge in [-0.3, -0.25) is 19.9 Å². The van der Waals surface area contributed by atoms with Gasteiger partial charge >= 0.3 is 0 Å². The minimum Gasteiger partial charge on any atom is -0.388 e. The molecule has 2 aromatic rings. The molecule has 1 aromatic carbocycles. The number of hydrogen-bond donors (Lipinski definition) is 3. The van der Waals surface area contributed by atoms with Crippen LogP contribution in [-0.4, -0.2) is 63.3 Å². The van der Waals surface area contributed by atoms with Crippen LogP contribution in [0.2, 0.25) is 0 Å². The minimum absolute atomic E-state index is 0.0549. The number of hydrogen-bond acceptors (Lipinski definition) is 4. The fourth-order valence-electron chi connectivity index (χ4n) is 6.68. The van der Waals surface area contributed by atoms with E-state index >= 15 is 0 Å². The van der Waals surface area contributed by atoms with Gasteiger partial charge in [0.25, 0.3) is 5.91 Å². The second-order valence-electron chi connectivity index (χ2n) is 12.0. The van der Waals surface area contributed by atoms with Gasteiger partial charge in [0.15, 0.2) is 0 Å². The summed E-state index contributed by atoms with van der Waals surface area (Å²) < 4.78 is 0. The molecule has 1 saturated heterocycles. The molecule has 3 N–H and O–H groups in total. The summed E-state index contributed by atoms with van der Waals surface area (Å²) in [5.41, 5.74) is 1.62. The molecule has 2 aliphatic carbocycles. The number of nitrogens with zero attached hydrogens (tertiary/aromatic N) is 2. The normalized spacial score (nSPS) is 24.0. The van der Waals surface area contributed by atoms with Gasteiger partial charge in [0, 0.05) is 25.2 Å². The summed E-state index contributed by atoms with van der Waals surface area (Å²) in [7, 11) is 0. The van der Waals surface area contributed by atoms with E-state index in [1.165, 1.54) is 43.4 Å². The number of aromatic amines is 1. The fourth-order valence-corrected chi connectivity index (χ4v) is 6.68. The number of amides is 2. The maximum absolute atomic E-state index is 13.2. The Kier molecular flexibility index (Phi) is 8.03. The number of carbonyl (C=O) groups excluding carboxylic acids is 2. The van der Waals surface area contributed by atoms with Crippen molar-refractivity contribution in [3.8, 4) is 0 Å². The molecule has 38 heavy (non-hydrogen) atoms. The van der Waals surface area contributed by atoms with Crippen molar-refractivity contribution in [3.63, 3.8) is 0 Å². The number of piperidine rings is 1. The van der Waals surface area contributed by atoms with Gasteiger partial charge in [0.2, 0.25) is 5.91 Å². The minimum atomic E-state index is -1.12. The highest BCUT2D eigenvalue weighted by Gasteiger charge is 2.38. The lowest BCUT2D eigenvalue weighted by atomic mass is 9.75. The van der Waals surface area contributed by atoms with Gasteiger partial charge in [0.1, 0.15) is 5.69 Å². The van der Waals surface area contributed by atoms with Crippen molar-refractivity contribution in [3.05, 3.63) is 59.4 Å². The molecular formula is C31H42N4O3. The van der Waals surface area contributed by atoms with Gasteiger partial charge in [-0.1, -0.05) is 56.5 Å². The monoisotopic (exact) mass is 518 g/mol. The number of aliphatic hydroxyl groups is 1. The third kappa shape index (κ3) is 5.88. The van der Waals surface area contributed by atoms with Gasteiger partial charge in [-0.25, -0.2) is 0 Å². The number of rotatable bonds is 9. The Bertz CT molecular complexity index is 1120. The number of benzene rings is 1. The average molecular weight is 519 g/mol. The van der Waals surface area contributed by atoms with Crippen molar-refractivity contribution in [1.82, 2.24) is 14.8 Å². The molecule has 3 aliphatic rings. The summed E-state index contributed by atoms with van der Waals surface area (Å²) in [6.07, 6.45) is 10.0. The Labute approximate surface area is 226 Å². The second kappa shape index (κ2) is 11.4. The van der Waals surface area contributed by atoms with Crippen LogP contribution in [-0.2, 0) is 4.79 Å². The van der Waals surface area contributed by atoms with E-state index in [0.29, 0.717) is 44.0 Å². The van der Waals surface area contributed by atoms with E-state index in [2.05, 4.69) is 11.9 Å². The smallest absolute Gasteiger partial charge is 0.275 e. The molecule has 204 valence electrons. The van der Waals surface area contributed by atoms with E-state index in [1.807, 2.05) is 47.4 Å². The molecule has 3 unspecified atom stereocenters. The molecule has 0 bridgehead atoms. The largest absolute Gasteiger partial charge is 0.388 e. The van der Waals surface area contributed by atoms with E-state index in [-0.39, 0.29) is 24.3 Å². The van der Waals surface area contributed by atoms with Gasteiger partial charge in [-0.15, -0.1) is 0 Å². The van der Waals surface area contributed by atoms with Crippen LogP contribution in [0.5, 0.6) is 0 Å². The van der Waals surface area contributed by atoms with Crippen molar-refractivity contribution in [2.75, 3.05) is 19.6 Å². The highest BCUT2D eigenvalue weighted by molar-refractivity contribution is 5.99. The van der Waals surface area contributed by atoms with Gasteiger partial charge in [-0.05, 0) is 73.5 Å². The number of carbonyl (C=O) groups is 2. The van der Waals surface area contributed by atoms with Crippen LogP contribution in [0.3, 0.4) is 0 Å². The molecule has 7 heteroatoms. The van der Waals surface area contributed by atoms with Crippen molar-refractivity contribution in [2.24, 2.45) is 11.8 Å². The van der Waals surface area contributed by atoms with E-state index in [4.69, 9.17) is 5.41 Å². The lowest BCUT2D eigenvalue weighted by Gasteiger charge is -2.40. The predicted octanol–water partition coefficient (Wildman–Crippen LogP) is 5.30. The summed E-state index contributed by atoms with van der Waals surface area (Å²) in [6, 6.07) is 13.9. The SMILES string of the molecule is CC(CC(=O)N1CCC(O)(CN(C=N)C(=O)c2ccc(C3CCC(C4CCC4)C3)[nH]2)CC1)c1ccccc1. The molecule has 1 aliphatic heterocycles. The quantitative estimate of drug-likeness (QED) is 0.310. The van der Waals surface area contributed by atoms with Crippen LogP contribution in [0.15, 0.2) is 42.5 Å². The van der Waals surface area contributed by atoms with Gasteiger partial charge in [-0.2, -0.15) is 0 Å². The molecule has 1 aromatic heterocycles. The summed E-state index contributed by atoms with van der Waals surface area (Å²) in [5, 5.41) is 19.1. The summed E-state index contributed by atoms with van der Waals surface area (Å²) in [4.78, 5) is 32.6. The zero-order valence-corrected chi connectivity index (χ0v) is 22.6. The zero-order chi connectivity index (χ0) is 26.7. The lowest BCUT2D eigenvalue weighted by molar-refractivity contribution is -0.136. The van der Waals surface area contributed by atoms with Crippen molar-refractivity contribution >= 4 is 18.2 Å². The van der Waals surface area contributed by atoms with Gasteiger partial charge in [0.05, 0.1) is 18.5 Å². The number of likely N-dealkylation sites (tertiary alicyclic amines) is 1. The van der Waals surface area contributed by atoms with Crippen LogP contribution < -0.4 is 0 Å². The first kappa shape index (κ1) is 26.7. The van der Waals surface area contributed by atoms with Crippen LogP contribution >= 0.6 is 0 Å². The molecule has 3 fully saturated rings. The molecular weight excluding hydrogens is 476 g/mol.